The Labute approximate surface area is 358 Å². The summed E-state index contributed by atoms with van der Waals surface area (Å²) in [5, 5.41) is 13.9. The molecule has 10 nitrogen and oxygen atoms in total. The third kappa shape index (κ3) is 8.61. The first-order chi connectivity index (χ1) is 29.7. The van der Waals surface area contributed by atoms with Gasteiger partial charge in [0.2, 0.25) is 0 Å². The van der Waals surface area contributed by atoms with Crippen molar-refractivity contribution in [2.75, 3.05) is 13.2 Å². The number of unbranched alkanes of at least 4 members (excludes halogenated alkanes) is 1. The maximum atomic E-state index is 14.3. The van der Waals surface area contributed by atoms with Gasteiger partial charge in [-0.15, -0.1) is 5.10 Å². The second kappa shape index (κ2) is 18.0. The summed E-state index contributed by atoms with van der Waals surface area (Å²) in [6, 6.07) is 48.7. The number of ether oxygens (including phenoxy) is 1. The zero-order valence-corrected chi connectivity index (χ0v) is 36.5. The number of carbonyl (C=O) groups excluding carboxylic acids is 1. The fraction of sp³-hybridized carbons (Fsp3) is 0.280. The molecule has 310 valence electrons. The summed E-state index contributed by atoms with van der Waals surface area (Å²) in [4.78, 5) is 34.1. The summed E-state index contributed by atoms with van der Waals surface area (Å²) in [7, 11) is -1.35. The van der Waals surface area contributed by atoms with Crippen molar-refractivity contribution in [2.24, 2.45) is 0 Å². The number of tetrazole rings is 1. The van der Waals surface area contributed by atoms with E-state index in [2.05, 4.69) is 141 Å². The van der Waals surface area contributed by atoms with Gasteiger partial charge in [0.1, 0.15) is 11.4 Å². The Bertz CT molecular complexity index is 2540. The highest BCUT2D eigenvalue weighted by Gasteiger charge is 2.42. The Kier molecular flexibility index (Phi) is 12.2. The van der Waals surface area contributed by atoms with Crippen LogP contribution in [0.4, 0.5) is 4.79 Å². The molecule has 11 heteroatoms. The fourth-order valence-corrected chi connectivity index (χ4v) is 9.05. The van der Waals surface area contributed by atoms with E-state index in [9.17, 15) is 9.59 Å². The van der Waals surface area contributed by atoms with Crippen LogP contribution >= 0.6 is 0 Å². The van der Waals surface area contributed by atoms with Crippen LogP contribution < -0.4 is 5.56 Å². The van der Waals surface area contributed by atoms with Crippen LogP contribution in [0.25, 0.3) is 22.5 Å². The molecule has 1 aliphatic rings. The molecule has 0 spiro atoms. The average Bonchev–Trinajstić information content (AvgIpc) is 3.78. The maximum absolute atomic E-state index is 14.3. The normalized spacial score (nSPS) is 12.9. The van der Waals surface area contributed by atoms with Crippen LogP contribution in [-0.4, -0.2) is 62.0 Å². The predicted octanol–water partition coefficient (Wildman–Crippen LogP) is 9.63. The molecule has 61 heavy (non-hydrogen) atoms. The molecule has 0 aliphatic carbocycles. The lowest BCUT2D eigenvalue weighted by Gasteiger charge is -2.36. The maximum Gasteiger partial charge on any atom is 0.410 e. The summed E-state index contributed by atoms with van der Waals surface area (Å²) in [6.45, 7) is 10.4. The van der Waals surface area contributed by atoms with E-state index in [1.807, 2.05) is 39.6 Å². The molecule has 0 N–H and O–H groups in total. The smallest absolute Gasteiger partial charge is 0.410 e. The Hall–Kier alpha value is -6.46. The summed E-state index contributed by atoms with van der Waals surface area (Å²) in [6.07, 6.45) is 2.80. The highest BCUT2D eigenvalue weighted by atomic mass is 28.3. The molecule has 1 aliphatic heterocycles. The lowest BCUT2D eigenvalue weighted by Crippen LogP contribution is -2.42. The molecule has 0 unspecified atom stereocenters. The van der Waals surface area contributed by atoms with Crippen LogP contribution in [0.1, 0.15) is 59.1 Å². The standard InChI is InChI=1S/C50H53N7O3Si/c1-5-6-26-46-51-45-31-32-55(49(59)60-33-34-61(2,3)4)36-44(45)48(58)56(46)35-37-27-29-38(30-28-37)42-24-16-17-25-43(42)47-52-53-54-57(47)50(39-18-10-7-11-19-39,40-20-12-8-13-21-40)41-22-14-9-15-23-41/h7-25,27-30H,5-6,26,31-36H2,1-4H3. The summed E-state index contributed by atoms with van der Waals surface area (Å²) >= 11 is 0. The number of benzene rings is 5. The number of hydrogen-bond acceptors (Lipinski definition) is 7. The number of nitrogens with zero attached hydrogens (tertiary/aromatic N) is 7. The van der Waals surface area contributed by atoms with Crippen molar-refractivity contribution in [1.82, 2.24) is 34.7 Å². The van der Waals surface area contributed by atoms with E-state index in [4.69, 9.17) is 20.0 Å². The van der Waals surface area contributed by atoms with Crippen molar-refractivity contribution in [3.05, 3.63) is 189 Å². The lowest BCUT2D eigenvalue weighted by molar-refractivity contribution is 0.102. The van der Waals surface area contributed by atoms with Gasteiger partial charge in [0, 0.05) is 33.0 Å². The summed E-state index contributed by atoms with van der Waals surface area (Å²) < 4.78 is 9.43. The molecular weight excluding hydrogens is 775 g/mol. The first kappa shape index (κ1) is 41.3. The highest BCUT2D eigenvalue weighted by molar-refractivity contribution is 6.76. The lowest BCUT2D eigenvalue weighted by atomic mass is 9.77. The number of aromatic nitrogens is 6. The predicted molar refractivity (Wildman–Crippen MR) is 243 cm³/mol. The van der Waals surface area contributed by atoms with Gasteiger partial charge >= 0.3 is 6.09 Å². The van der Waals surface area contributed by atoms with Gasteiger partial charge in [-0.2, -0.15) is 0 Å². The first-order valence-corrected chi connectivity index (χ1v) is 25.1. The van der Waals surface area contributed by atoms with Gasteiger partial charge < -0.3 is 9.64 Å². The van der Waals surface area contributed by atoms with Crippen LogP contribution in [-0.2, 0) is 36.2 Å². The van der Waals surface area contributed by atoms with E-state index in [1.54, 1.807) is 4.90 Å². The molecule has 0 bridgehead atoms. The second-order valence-electron chi connectivity index (χ2n) is 17.0. The minimum atomic E-state index is -1.35. The van der Waals surface area contributed by atoms with Crippen LogP contribution in [0.15, 0.2) is 144 Å². The molecule has 0 radical (unpaired) electrons. The molecule has 8 rings (SSSR count). The minimum absolute atomic E-state index is 0.0873. The van der Waals surface area contributed by atoms with E-state index in [0.29, 0.717) is 43.9 Å². The molecule has 0 atom stereocenters. The number of aryl methyl sites for hydroxylation is 1. The Morgan fingerprint density at radius 1 is 0.770 bits per heavy atom. The fourth-order valence-electron chi connectivity index (χ4n) is 8.33. The van der Waals surface area contributed by atoms with Crippen molar-refractivity contribution >= 4 is 14.2 Å². The summed E-state index contributed by atoms with van der Waals surface area (Å²) in [5.41, 5.74) is 7.29. The minimum Gasteiger partial charge on any atom is -0.450 e. The Balaban J connectivity index is 1.13. The van der Waals surface area contributed by atoms with Gasteiger partial charge in [-0.05, 0) is 56.3 Å². The molecule has 0 saturated carbocycles. The van der Waals surface area contributed by atoms with Crippen molar-refractivity contribution in [3.63, 3.8) is 0 Å². The van der Waals surface area contributed by atoms with Crippen LogP contribution in [0.5, 0.6) is 0 Å². The summed E-state index contributed by atoms with van der Waals surface area (Å²) in [5.74, 6) is 1.41. The quantitative estimate of drug-likeness (QED) is 0.0794. The van der Waals surface area contributed by atoms with Gasteiger partial charge in [-0.3, -0.25) is 9.36 Å². The molecule has 5 aromatic carbocycles. The molecule has 2 aromatic heterocycles. The molecule has 1 amide bonds. The third-order valence-corrected chi connectivity index (χ3v) is 13.3. The van der Waals surface area contributed by atoms with E-state index in [0.717, 1.165) is 69.3 Å². The van der Waals surface area contributed by atoms with Gasteiger partial charge in [0.05, 0.1) is 31.0 Å². The van der Waals surface area contributed by atoms with Crippen LogP contribution in [0, 0.1) is 0 Å². The first-order valence-electron chi connectivity index (χ1n) is 21.3. The van der Waals surface area contributed by atoms with E-state index >= 15 is 0 Å². The molecular formula is C50H53N7O3Si. The van der Waals surface area contributed by atoms with Crippen molar-refractivity contribution < 1.29 is 9.53 Å². The van der Waals surface area contributed by atoms with Crippen molar-refractivity contribution in [1.29, 1.82) is 0 Å². The van der Waals surface area contributed by atoms with Crippen molar-refractivity contribution in [2.45, 2.75) is 76.9 Å². The number of rotatable bonds is 14. The third-order valence-electron chi connectivity index (χ3n) is 11.6. The SMILES string of the molecule is CCCCc1nc2c(c(=O)n1Cc1ccc(-c3ccccc3-c3nnnn3C(c3ccccc3)(c3ccccc3)c3ccccc3)cc1)CN(C(=O)OCC[Si](C)(C)C)CC2. The molecule has 0 saturated heterocycles. The Morgan fingerprint density at radius 3 is 1.95 bits per heavy atom. The average molecular weight is 828 g/mol. The molecule has 0 fully saturated rings. The number of amides is 1. The van der Waals surface area contributed by atoms with Gasteiger partial charge in [0.15, 0.2) is 5.82 Å². The van der Waals surface area contributed by atoms with Gasteiger partial charge in [-0.25, -0.2) is 14.5 Å². The monoisotopic (exact) mass is 827 g/mol. The van der Waals surface area contributed by atoms with E-state index in [1.165, 1.54) is 0 Å². The number of hydrogen-bond donors (Lipinski definition) is 0. The Morgan fingerprint density at radius 2 is 1.36 bits per heavy atom. The van der Waals surface area contributed by atoms with Gasteiger partial charge in [-0.1, -0.05) is 173 Å². The largest absolute Gasteiger partial charge is 0.450 e. The zero-order valence-electron chi connectivity index (χ0n) is 35.5. The van der Waals surface area contributed by atoms with Crippen molar-refractivity contribution in [3.8, 4) is 22.5 Å². The topological polar surface area (TPSA) is 108 Å². The second-order valence-corrected chi connectivity index (χ2v) is 22.6. The highest BCUT2D eigenvalue weighted by Crippen LogP contribution is 2.43. The zero-order chi connectivity index (χ0) is 42.4. The van der Waals surface area contributed by atoms with E-state index in [-0.39, 0.29) is 18.2 Å². The number of fused-ring (bicyclic) bond motifs is 1. The van der Waals surface area contributed by atoms with Crippen LogP contribution in [0.2, 0.25) is 25.7 Å². The van der Waals surface area contributed by atoms with Crippen LogP contribution in [0.3, 0.4) is 0 Å². The van der Waals surface area contributed by atoms with Gasteiger partial charge in [0.25, 0.3) is 5.56 Å². The number of carbonyl (C=O) groups is 1. The van der Waals surface area contributed by atoms with E-state index < -0.39 is 13.6 Å². The molecule has 7 aromatic rings. The molecule has 3 heterocycles.